The highest BCUT2D eigenvalue weighted by Gasteiger charge is 2.14. The lowest BCUT2D eigenvalue weighted by Gasteiger charge is -2.06. The summed E-state index contributed by atoms with van der Waals surface area (Å²) in [6, 6.07) is 3.34. The predicted molar refractivity (Wildman–Crippen MR) is 60.0 cm³/mol. The second kappa shape index (κ2) is 5.25. The van der Waals surface area contributed by atoms with Gasteiger partial charge in [-0.3, -0.25) is 10.0 Å². The molecule has 1 aromatic rings. The van der Waals surface area contributed by atoms with E-state index in [-0.39, 0.29) is 0 Å². The maximum atomic E-state index is 11.0. The number of amides is 1. The van der Waals surface area contributed by atoms with Gasteiger partial charge in [0.05, 0.1) is 6.04 Å². The highest BCUT2D eigenvalue weighted by Crippen LogP contribution is 2.24. The van der Waals surface area contributed by atoms with Crippen LogP contribution in [0.3, 0.4) is 0 Å². The van der Waals surface area contributed by atoms with Crippen LogP contribution in [0.25, 0.3) is 0 Å². The van der Waals surface area contributed by atoms with E-state index in [2.05, 4.69) is 13.8 Å². The van der Waals surface area contributed by atoms with Crippen molar-refractivity contribution in [3.8, 4) is 0 Å². The van der Waals surface area contributed by atoms with Crippen LogP contribution in [0.1, 0.15) is 29.5 Å². The molecule has 1 rings (SSSR count). The van der Waals surface area contributed by atoms with Crippen LogP contribution in [0.2, 0.25) is 0 Å². The van der Waals surface area contributed by atoms with Crippen molar-refractivity contribution in [1.29, 1.82) is 0 Å². The van der Waals surface area contributed by atoms with Gasteiger partial charge in [0.25, 0.3) is 5.91 Å². The van der Waals surface area contributed by atoms with E-state index in [1.165, 1.54) is 4.88 Å². The standard InChI is InChI=1S/C10H16N2O2S/c1-6(2)9-4-3-7(15-9)5-8(11)10(13)12-14/h3-4,6,8,14H,5,11H2,1-2H3,(H,12,13). The molecule has 0 bridgehead atoms. The zero-order valence-electron chi connectivity index (χ0n) is 8.86. The summed E-state index contributed by atoms with van der Waals surface area (Å²) in [5, 5.41) is 8.40. The summed E-state index contributed by atoms with van der Waals surface area (Å²) in [5.41, 5.74) is 7.13. The summed E-state index contributed by atoms with van der Waals surface area (Å²) in [4.78, 5) is 13.3. The number of carbonyl (C=O) groups excluding carboxylic acids is 1. The van der Waals surface area contributed by atoms with Crippen LogP contribution in [-0.2, 0) is 11.2 Å². The first-order valence-corrected chi connectivity index (χ1v) is 5.64. The Morgan fingerprint density at radius 2 is 2.27 bits per heavy atom. The van der Waals surface area contributed by atoms with E-state index in [9.17, 15) is 4.79 Å². The Bertz CT molecular complexity index is 336. The normalized spacial score (nSPS) is 12.9. The van der Waals surface area contributed by atoms with E-state index >= 15 is 0 Å². The van der Waals surface area contributed by atoms with Gasteiger partial charge in [-0.25, -0.2) is 5.48 Å². The summed E-state index contributed by atoms with van der Waals surface area (Å²) in [6.45, 7) is 4.24. The topological polar surface area (TPSA) is 75.4 Å². The molecule has 1 unspecified atom stereocenters. The molecule has 1 atom stereocenters. The summed E-state index contributed by atoms with van der Waals surface area (Å²) in [5.74, 6) is -0.0545. The van der Waals surface area contributed by atoms with Crippen molar-refractivity contribution >= 4 is 17.2 Å². The summed E-state index contributed by atoms with van der Waals surface area (Å²) in [6.07, 6.45) is 0.462. The van der Waals surface area contributed by atoms with Gasteiger partial charge in [-0.1, -0.05) is 13.8 Å². The molecule has 1 aromatic heterocycles. The molecule has 5 heteroatoms. The smallest absolute Gasteiger partial charge is 0.260 e. The van der Waals surface area contributed by atoms with Crippen LogP contribution in [0.15, 0.2) is 12.1 Å². The Morgan fingerprint density at radius 3 is 2.73 bits per heavy atom. The van der Waals surface area contributed by atoms with Gasteiger partial charge in [0.2, 0.25) is 0 Å². The SMILES string of the molecule is CC(C)c1ccc(CC(N)C(=O)NO)s1. The van der Waals surface area contributed by atoms with Crippen molar-refractivity contribution < 1.29 is 10.0 Å². The van der Waals surface area contributed by atoms with Crippen molar-refractivity contribution in [3.63, 3.8) is 0 Å². The maximum Gasteiger partial charge on any atom is 0.260 e. The fourth-order valence-corrected chi connectivity index (χ4v) is 2.28. The van der Waals surface area contributed by atoms with Crippen LogP contribution in [0.5, 0.6) is 0 Å². The number of hydrogen-bond acceptors (Lipinski definition) is 4. The highest BCUT2D eigenvalue weighted by molar-refractivity contribution is 7.12. The summed E-state index contributed by atoms with van der Waals surface area (Å²) < 4.78 is 0. The highest BCUT2D eigenvalue weighted by atomic mass is 32.1. The zero-order valence-corrected chi connectivity index (χ0v) is 9.67. The minimum atomic E-state index is -0.686. The number of thiophene rings is 1. The van der Waals surface area contributed by atoms with E-state index < -0.39 is 11.9 Å². The van der Waals surface area contributed by atoms with Crippen molar-refractivity contribution in [2.75, 3.05) is 0 Å². The molecule has 4 nitrogen and oxygen atoms in total. The van der Waals surface area contributed by atoms with Crippen LogP contribution in [-0.4, -0.2) is 17.2 Å². The van der Waals surface area contributed by atoms with Crippen molar-refractivity contribution in [3.05, 3.63) is 21.9 Å². The van der Waals surface area contributed by atoms with Crippen molar-refractivity contribution in [2.24, 2.45) is 5.73 Å². The van der Waals surface area contributed by atoms with Gasteiger partial charge in [0.1, 0.15) is 0 Å². The molecule has 1 heterocycles. The summed E-state index contributed by atoms with van der Waals surface area (Å²) >= 11 is 1.66. The van der Waals surface area contributed by atoms with Gasteiger partial charge < -0.3 is 5.73 Å². The number of hydrogen-bond donors (Lipinski definition) is 3. The van der Waals surface area contributed by atoms with Gasteiger partial charge in [-0.2, -0.15) is 0 Å². The third-order valence-corrected chi connectivity index (χ3v) is 3.53. The molecule has 15 heavy (non-hydrogen) atoms. The average molecular weight is 228 g/mol. The van der Waals surface area contributed by atoms with Gasteiger partial charge in [-0.15, -0.1) is 11.3 Å². The van der Waals surface area contributed by atoms with E-state index in [0.717, 1.165) is 4.88 Å². The second-order valence-corrected chi connectivity index (χ2v) is 4.95. The zero-order chi connectivity index (χ0) is 11.4. The summed E-state index contributed by atoms with van der Waals surface area (Å²) in [7, 11) is 0. The molecule has 0 saturated heterocycles. The number of hydroxylamine groups is 1. The molecule has 0 saturated carbocycles. The number of nitrogens with two attached hydrogens (primary N) is 1. The van der Waals surface area contributed by atoms with Gasteiger partial charge >= 0.3 is 0 Å². The molecule has 0 aliphatic heterocycles. The minimum absolute atomic E-state index is 0.462. The molecule has 0 aliphatic rings. The van der Waals surface area contributed by atoms with Crippen molar-refractivity contribution in [1.82, 2.24) is 5.48 Å². The Balaban J connectivity index is 2.61. The monoisotopic (exact) mass is 228 g/mol. The fourth-order valence-electron chi connectivity index (χ4n) is 1.21. The number of rotatable bonds is 4. The molecule has 84 valence electrons. The van der Waals surface area contributed by atoms with Gasteiger partial charge in [0, 0.05) is 16.2 Å². The molecule has 4 N–H and O–H groups in total. The van der Waals surface area contributed by atoms with Crippen LogP contribution < -0.4 is 11.2 Å². The third kappa shape index (κ3) is 3.30. The molecular formula is C10H16N2O2S. The van der Waals surface area contributed by atoms with E-state index in [1.54, 1.807) is 16.8 Å². The first kappa shape index (κ1) is 12.2. The molecule has 0 aliphatic carbocycles. The van der Waals surface area contributed by atoms with E-state index in [1.807, 2.05) is 12.1 Å². The van der Waals surface area contributed by atoms with Crippen LogP contribution >= 0.6 is 11.3 Å². The number of nitrogens with one attached hydrogen (secondary N) is 1. The lowest BCUT2D eigenvalue weighted by Crippen LogP contribution is -2.40. The lowest BCUT2D eigenvalue weighted by atomic mass is 10.1. The molecule has 1 amide bonds. The minimum Gasteiger partial charge on any atom is -0.320 e. The average Bonchev–Trinajstić information content (AvgIpc) is 2.65. The first-order valence-electron chi connectivity index (χ1n) is 4.82. The van der Waals surface area contributed by atoms with Gasteiger partial charge in [-0.05, 0) is 18.1 Å². The Kier molecular flexibility index (Phi) is 4.26. The largest absolute Gasteiger partial charge is 0.320 e. The Labute approximate surface area is 93.1 Å². The first-order chi connectivity index (χ1) is 7.04. The third-order valence-electron chi connectivity index (χ3n) is 2.12. The van der Waals surface area contributed by atoms with E-state index in [4.69, 9.17) is 10.9 Å². The second-order valence-electron chi connectivity index (χ2n) is 3.75. The fraction of sp³-hybridized carbons (Fsp3) is 0.500. The molecular weight excluding hydrogens is 212 g/mol. The predicted octanol–water partition coefficient (Wildman–Crippen LogP) is 1.25. The number of carbonyl (C=O) groups is 1. The maximum absolute atomic E-state index is 11.0. The van der Waals surface area contributed by atoms with Crippen LogP contribution in [0.4, 0.5) is 0 Å². The lowest BCUT2D eigenvalue weighted by molar-refractivity contribution is -0.130. The van der Waals surface area contributed by atoms with Crippen molar-refractivity contribution in [2.45, 2.75) is 32.2 Å². The van der Waals surface area contributed by atoms with Crippen LogP contribution in [0, 0.1) is 0 Å². The molecule has 0 fully saturated rings. The molecule has 0 aromatic carbocycles. The molecule has 0 spiro atoms. The van der Waals surface area contributed by atoms with Gasteiger partial charge in [0.15, 0.2) is 0 Å². The quantitative estimate of drug-likeness (QED) is 0.536. The molecule has 0 radical (unpaired) electrons. The Morgan fingerprint density at radius 1 is 1.60 bits per heavy atom. The Hall–Kier alpha value is -0.910. The van der Waals surface area contributed by atoms with E-state index in [0.29, 0.717) is 12.3 Å².